The molecule has 3 heterocycles. The number of hydrogen-bond donors (Lipinski definition) is 1. The lowest BCUT2D eigenvalue weighted by atomic mass is 9.98. The van der Waals surface area contributed by atoms with E-state index in [0.717, 1.165) is 54.0 Å². The van der Waals surface area contributed by atoms with Gasteiger partial charge in [0.15, 0.2) is 0 Å². The Bertz CT molecular complexity index is 1230. The lowest BCUT2D eigenvalue weighted by Gasteiger charge is -2.32. The lowest BCUT2D eigenvalue weighted by molar-refractivity contribution is 0.203. The van der Waals surface area contributed by atoms with Gasteiger partial charge in [0.2, 0.25) is 11.8 Å². The van der Waals surface area contributed by atoms with Crippen molar-refractivity contribution in [3.8, 4) is 22.9 Å². The zero-order chi connectivity index (χ0) is 26.6. The zero-order valence-electron chi connectivity index (χ0n) is 22.3. The van der Waals surface area contributed by atoms with Crippen molar-refractivity contribution < 1.29 is 14.6 Å². The van der Waals surface area contributed by atoms with Crippen molar-refractivity contribution in [2.24, 2.45) is 5.92 Å². The molecule has 1 fully saturated rings. The second kappa shape index (κ2) is 14.1. The summed E-state index contributed by atoms with van der Waals surface area (Å²) in [5, 5.41) is 9.40. The minimum atomic E-state index is 0.268. The van der Waals surface area contributed by atoms with E-state index < -0.39 is 0 Å². The fourth-order valence-electron chi connectivity index (χ4n) is 4.37. The van der Waals surface area contributed by atoms with E-state index in [1.54, 1.807) is 0 Å². The molecule has 0 amide bonds. The monoisotopic (exact) mass is 511 g/mol. The van der Waals surface area contributed by atoms with E-state index in [-0.39, 0.29) is 6.61 Å². The molecular weight excluding hydrogens is 474 g/mol. The Kier molecular flexibility index (Phi) is 10.1. The summed E-state index contributed by atoms with van der Waals surface area (Å²) in [6, 6.07) is 28.1. The van der Waals surface area contributed by atoms with Crippen LogP contribution in [-0.4, -0.2) is 34.8 Å². The van der Waals surface area contributed by atoms with Gasteiger partial charge in [-0.25, -0.2) is 4.98 Å². The van der Waals surface area contributed by atoms with Gasteiger partial charge in [0.25, 0.3) is 0 Å². The summed E-state index contributed by atoms with van der Waals surface area (Å²) in [5.41, 5.74) is 3.96. The first kappa shape index (κ1) is 27.1. The minimum absolute atomic E-state index is 0.268. The molecule has 2 aromatic carbocycles. The first-order valence-electron chi connectivity index (χ1n) is 13.5. The van der Waals surface area contributed by atoms with E-state index in [1.165, 1.54) is 0 Å². The summed E-state index contributed by atoms with van der Waals surface area (Å²) in [6.07, 6.45) is 3.86. The maximum absolute atomic E-state index is 9.40. The van der Waals surface area contributed by atoms with Crippen LogP contribution < -0.4 is 14.4 Å². The van der Waals surface area contributed by atoms with Gasteiger partial charge in [-0.15, -0.1) is 0 Å². The first-order valence-corrected chi connectivity index (χ1v) is 13.5. The van der Waals surface area contributed by atoms with Gasteiger partial charge in [-0.1, -0.05) is 74.5 Å². The maximum atomic E-state index is 9.40. The van der Waals surface area contributed by atoms with Crippen molar-refractivity contribution in [2.75, 3.05) is 24.6 Å². The third-order valence-electron chi connectivity index (χ3n) is 6.54. The molecule has 2 aromatic heterocycles. The average molecular weight is 512 g/mol. The Morgan fingerprint density at radius 3 is 2.00 bits per heavy atom. The Balaban J connectivity index is 0.00000164. The number of aromatic nitrogens is 2. The number of pyridine rings is 2. The number of anilines is 1. The fraction of sp³-hybridized carbons (Fsp3) is 0.312. The molecule has 198 valence electrons. The van der Waals surface area contributed by atoms with Crippen LogP contribution in [0.15, 0.2) is 91.1 Å². The fourth-order valence-corrected chi connectivity index (χ4v) is 4.37. The van der Waals surface area contributed by atoms with E-state index in [1.807, 2.05) is 92.8 Å². The second-order valence-corrected chi connectivity index (χ2v) is 9.07. The topological polar surface area (TPSA) is 67.7 Å². The largest absolute Gasteiger partial charge is 0.473 e. The molecule has 1 saturated heterocycles. The number of rotatable bonds is 9. The van der Waals surface area contributed by atoms with Crippen molar-refractivity contribution >= 4 is 5.82 Å². The molecule has 1 N–H and O–H groups in total. The van der Waals surface area contributed by atoms with Crippen LogP contribution in [0.1, 0.15) is 37.8 Å². The average Bonchev–Trinajstić information content (AvgIpc) is 3.01. The molecule has 0 saturated carbocycles. The van der Waals surface area contributed by atoms with Crippen LogP contribution in [0.25, 0.3) is 11.1 Å². The Morgan fingerprint density at radius 1 is 0.789 bits per heavy atom. The molecule has 0 aliphatic carbocycles. The van der Waals surface area contributed by atoms with Crippen LogP contribution in [0.2, 0.25) is 0 Å². The highest BCUT2D eigenvalue weighted by Crippen LogP contribution is 2.32. The summed E-state index contributed by atoms with van der Waals surface area (Å²) < 4.78 is 12.1. The van der Waals surface area contributed by atoms with Crippen LogP contribution in [0, 0.1) is 5.92 Å². The molecule has 1 aliphatic rings. The number of aliphatic hydroxyl groups excluding tert-OH is 1. The molecule has 4 aromatic rings. The summed E-state index contributed by atoms with van der Waals surface area (Å²) in [7, 11) is 0. The number of nitrogens with zero attached hydrogens (tertiary/aromatic N) is 3. The smallest absolute Gasteiger partial charge is 0.225 e. The second-order valence-electron chi connectivity index (χ2n) is 9.07. The van der Waals surface area contributed by atoms with E-state index in [4.69, 9.17) is 19.4 Å². The molecule has 0 atom stereocenters. The van der Waals surface area contributed by atoms with Crippen LogP contribution in [0.3, 0.4) is 0 Å². The van der Waals surface area contributed by atoms with Crippen LogP contribution in [0.5, 0.6) is 11.8 Å². The highest BCUT2D eigenvalue weighted by molar-refractivity contribution is 5.69. The van der Waals surface area contributed by atoms with Crippen molar-refractivity contribution in [3.63, 3.8) is 0 Å². The standard InChI is InChI=1S/C30H31N3O3.C2H6/c34-20-23-15-17-33(18-16-23)28-13-11-26(19-31-28)27-12-14-29(35-21-24-7-3-1-4-8-24)32-30(27)36-22-25-9-5-2-6-10-25;1-2/h1-14,19,23,34H,15-18,20-22H2;1-2H3. The molecule has 0 bridgehead atoms. The van der Waals surface area contributed by atoms with Gasteiger partial charge < -0.3 is 19.5 Å². The van der Waals surface area contributed by atoms with Gasteiger partial charge in [-0.05, 0) is 48.1 Å². The third kappa shape index (κ3) is 7.33. The number of piperidine rings is 1. The van der Waals surface area contributed by atoms with Gasteiger partial charge in [0.1, 0.15) is 19.0 Å². The van der Waals surface area contributed by atoms with Crippen molar-refractivity contribution in [2.45, 2.75) is 39.9 Å². The first-order chi connectivity index (χ1) is 18.8. The van der Waals surface area contributed by atoms with Gasteiger partial charge >= 0.3 is 0 Å². The molecular formula is C32H37N3O3. The summed E-state index contributed by atoms with van der Waals surface area (Å²) in [5.74, 6) is 2.39. The predicted molar refractivity (Wildman–Crippen MR) is 152 cm³/mol. The SMILES string of the molecule is CC.OCC1CCN(c2ccc(-c3ccc(OCc4ccccc4)nc3OCc3ccccc3)cn2)CC1. The normalized spacial score (nSPS) is 13.4. The minimum Gasteiger partial charge on any atom is -0.473 e. The molecule has 0 spiro atoms. The Hall–Kier alpha value is -3.90. The Labute approximate surface area is 225 Å². The molecule has 6 nitrogen and oxygen atoms in total. The summed E-state index contributed by atoms with van der Waals surface area (Å²) in [6.45, 7) is 6.95. The number of benzene rings is 2. The molecule has 38 heavy (non-hydrogen) atoms. The molecule has 0 unspecified atom stereocenters. The molecule has 0 radical (unpaired) electrons. The predicted octanol–water partition coefficient (Wildman–Crippen LogP) is 6.54. The summed E-state index contributed by atoms with van der Waals surface area (Å²) in [4.78, 5) is 11.7. The third-order valence-corrected chi connectivity index (χ3v) is 6.54. The quantitative estimate of drug-likeness (QED) is 0.275. The molecule has 6 heteroatoms. The number of hydrogen-bond acceptors (Lipinski definition) is 6. The Morgan fingerprint density at radius 2 is 1.42 bits per heavy atom. The number of ether oxygens (including phenoxy) is 2. The van der Waals surface area contributed by atoms with Gasteiger partial charge in [0.05, 0.1) is 0 Å². The maximum Gasteiger partial charge on any atom is 0.225 e. The lowest BCUT2D eigenvalue weighted by Crippen LogP contribution is -2.35. The highest BCUT2D eigenvalue weighted by Gasteiger charge is 2.20. The van der Waals surface area contributed by atoms with Crippen LogP contribution in [0.4, 0.5) is 5.82 Å². The number of aliphatic hydroxyl groups is 1. The molecule has 1 aliphatic heterocycles. The highest BCUT2D eigenvalue weighted by atomic mass is 16.5. The van der Waals surface area contributed by atoms with Crippen molar-refractivity contribution in [1.29, 1.82) is 0 Å². The van der Waals surface area contributed by atoms with Gasteiger partial charge in [-0.2, -0.15) is 4.98 Å². The summed E-state index contributed by atoms with van der Waals surface area (Å²) >= 11 is 0. The van der Waals surface area contributed by atoms with E-state index in [0.29, 0.717) is 30.9 Å². The van der Waals surface area contributed by atoms with E-state index in [9.17, 15) is 5.11 Å². The van der Waals surface area contributed by atoms with Crippen LogP contribution >= 0.6 is 0 Å². The van der Waals surface area contributed by atoms with Crippen LogP contribution in [-0.2, 0) is 13.2 Å². The van der Waals surface area contributed by atoms with Gasteiger partial charge in [-0.3, -0.25) is 0 Å². The van der Waals surface area contributed by atoms with E-state index in [2.05, 4.69) is 17.0 Å². The van der Waals surface area contributed by atoms with Crippen molar-refractivity contribution in [3.05, 3.63) is 102 Å². The van der Waals surface area contributed by atoms with E-state index >= 15 is 0 Å². The molecule has 5 rings (SSSR count). The van der Waals surface area contributed by atoms with Gasteiger partial charge in [0, 0.05) is 43.1 Å². The van der Waals surface area contributed by atoms with Crippen molar-refractivity contribution in [1.82, 2.24) is 9.97 Å². The zero-order valence-corrected chi connectivity index (χ0v) is 22.3.